The Hall–Kier alpha value is -1.62. The number of nitrogens with zero attached hydrogens (tertiary/aromatic N) is 3. The fourth-order valence-electron chi connectivity index (χ4n) is 1.14. The second kappa shape index (κ2) is 4.27. The van der Waals surface area contributed by atoms with Gasteiger partial charge in [0.05, 0.1) is 24.8 Å². The lowest BCUT2D eigenvalue weighted by molar-refractivity contribution is 0.402. The number of pyridine rings is 1. The van der Waals surface area contributed by atoms with Gasteiger partial charge in [0.25, 0.3) is 5.89 Å². The summed E-state index contributed by atoms with van der Waals surface area (Å²) in [7, 11) is 1.55. The van der Waals surface area contributed by atoms with E-state index in [0.29, 0.717) is 23.0 Å². The predicted octanol–water partition coefficient (Wildman–Crippen LogP) is 1.88. The number of aromatic nitrogens is 3. The molecule has 0 aromatic carbocycles. The molecule has 0 N–H and O–H groups in total. The van der Waals surface area contributed by atoms with Crippen LogP contribution in [0.15, 0.2) is 23.0 Å². The topological polar surface area (TPSA) is 61.0 Å². The Balaban J connectivity index is 2.44. The van der Waals surface area contributed by atoms with Crippen LogP contribution >= 0.6 is 11.6 Å². The molecular formula is C9H8ClN3O2. The summed E-state index contributed by atoms with van der Waals surface area (Å²) in [5, 5.41) is 3.69. The van der Waals surface area contributed by atoms with Crippen LogP contribution in [0.3, 0.4) is 0 Å². The van der Waals surface area contributed by atoms with E-state index in [9.17, 15) is 0 Å². The van der Waals surface area contributed by atoms with Crippen LogP contribution in [-0.4, -0.2) is 22.2 Å². The zero-order chi connectivity index (χ0) is 10.7. The Labute approximate surface area is 91.0 Å². The third-order valence-electron chi connectivity index (χ3n) is 1.82. The Morgan fingerprint density at radius 2 is 2.40 bits per heavy atom. The third-order valence-corrected chi connectivity index (χ3v) is 2.06. The number of halogens is 1. The number of hydrogen-bond donors (Lipinski definition) is 0. The molecule has 0 unspecified atom stereocenters. The quantitative estimate of drug-likeness (QED) is 0.747. The molecule has 0 aliphatic carbocycles. The molecule has 0 amide bonds. The maximum Gasteiger partial charge on any atom is 0.261 e. The molecule has 0 fully saturated rings. The molecule has 0 saturated carbocycles. The van der Waals surface area contributed by atoms with Crippen LogP contribution in [0.2, 0.25) is 0 Å². The van der Waals surface area contributed by atoms with E-state index in [4.69, 9.17) is 20.9 Å². The van der Waals surface area contributed by atoms with Gasteiger partial charge in [-0.25, -0.2) is 0 Å². The first kappa shape index (κ1) is 9.92. The van der Waals surface area contributed by atoms with Crippen LogP contribution in [-0.2, 0) is 5.88 Å². The lowest BCUT2D eigenvalue weighted by Crippen LogP contribution is -1.89. The molecule has 0 atom stereocenters. The molecule has 78 valence electrons. The Bertz CT molecular complexity index is 458. The highest BCUT2D eigenvalue weighted by molar-refractivity contribution is 6.16. The van der Waals surface area contributed by atoms with Crippen LogP contribution in [0.5, 0.6) is 5.75 Å². The Morgan fingerprint density at radius 3 is 3.07 bits per heavy atom. The van der Waals surface area contributed by atoms with Crippen molar-refractivity contribution in [1.29, 1.82) is 0 Å². The van der Waals surface area contributed by atoms with E-state index in [-0.39, 0.29) is 5.88 Å². The fraction of sp³-hybridized carbons (Fsp3) is 0.222. The minimum atomic E-state index is 0.219. The standard InChI is InChI=1S/C9H8ClN3O2/c1-14-7-5-11-3-2-6(7)9-12-8(4-10)13-15-9/h2-3,5H,4H2,1H3. The largest absolute Gasteiger partial charge is 0.494 e. The number of ether oxygens (including phenoxy) is 1. The summed E-state index contributed by atoms with van der Waals surface area (Å²) in [6, 6.07) is 1.74. The monoisotopic (exact) mass is 225 g/mol. The first-order valence-electron chi connectivity index (χ1n) is 4.22. The molecule has 2 aromatic heterocycles. The van der Waals surface area contributed by atoms with Crippen molar-refractivity contribution >= 4 is 11.6 Å². The van der Waals surface area contributed by atoms with Gasteiger partial charge < -0.3 is 9.26 Å². The molecule has 0 saturated heterocycles. The normalized spacial score (nSPS) is 10.3. The summed E-state index contributed by atoms with van der Waals surface area (Å²) in [6.07, 6.45) is 3.21. The molecule has 5 nitrogen and oxygen atoms in total. The number of hydrogen-bond acceptors (Lipinski definition) is 5. The van der Waals surface area contributed by atoms with Gasteiger partial charge in [-0.2, -0.15) is 4.98 Å². The molecule has 0 aliphatic heterocycles. The van der Waals surface area contributed by atoms with Gasteiger partial charge >= 0.3 is 0 Å². The summed E-state index contributed by atoms with van der Waals surface area (Å²) in [5.41, 5.74) is 0.705. The highest BCUT2D eigenvalue weighted by Crippen LogP contribution is 2.27. The van der Waals surface area contributed by atoms with Crippen LogP contribution in [0, 0.1) is 0 Å². The van der Waals surface area contributed by atoms with Crippen LogP contribution < -0.4 is 4.74 Å². The molecule has 15 heavy (non-hydrogen) atoms. The van der Waals surface area contributed by atoms with E-state index in [0.717, 1.165) is 0 Å². The van der Waals surface area contributed by atoms with E-state index in [1.54, 1.807) is 25.6 Å². The first-order chi connectivity index (χ1) is 7.35. The zero-order valence-corrected chi connectivity index (χ0v) is 8.73. The van der Waals surface area contributed by atoms with Gasteiger partial charge in [-0.05, 0) is 6.07 Å². The van der Waals surface area contributed by atoms with Crippen LogP contribution in [0.1, 0.15) is 5.82 Å². The van der Waals surface area contributed by atoms with Crippen LogP contribution in [0.4, 0.5) is 0 Å². The molecule has 2 heterocycles. The summed E-state index contributed by atoms with van der Waals surface area (Å²) in [4.78, 5) is 8.02. The minimum Gasteiger partial charge on any atom is -0.494 e. The van der Waals surface area contributed by atoms with Gasteiger partial charge in [0.1, 0.15) is 5.75 Å². The van der Waals surface area contributed by atoms with E-state index in [1.807, 2.05) is 0 Å². The lowest BCUT2D eigenvalue weighted by atomic mass is 10.2. The molecule has 2 aromatic rings. The average Bonchev–Trinajstić information content (AvgIpc) is 2.77. The van der Waals surface area contributed by atoms with Crippen molar-refractivity contribution in [3.63, 3.8) is 0 Å². The minimum absolute atomic E-state index is 0.219. The van der Waals surface area contributed by atoms with Gasteiger partial charge in [-0.3, -0.25) is 4.98 Å². The van der Waals surface area contributed by atoms with E-state index in [1.165, 1.54) is 0 Å². The Kier molecular flexibility index (Phi) is 2.82. The number of rotatable bonds is 3. The SMILES string of the molecule is COc1cnccc1-c1nc(CCl)no1. The molecular weight excluding hydrogens is 218 g/mol. The predicted molar refractivity (Wildman–Crippen MR) is 53.6 cm³/mol. The van der Waals surface area contributed by atoms with Gasteiger partial charge in [-0.15, -0.1) is 11.6 Å². The van der Waals surface area contributed by atoms with Crippen molar-refractivity contribution in [3.05, 3.63) is 24.3 Å². The summed E-state index contributed by atoms with van der Waals surface area (Å²) in [5.74, 6) is 1.63. The summed E-state index contributed by atoms with van der Waals surface area (Å²) < 4.78 is 10.2. The Morgan fingerprint density at radius 1 is 1.53 bits per heavy atom. The third kappa shape index (κ3) is 1.92. The highest BCUT2D eigenvalue weighted by atomic mass is 35.5. The highest BCUT2D eigenvalue weighted by Gasteiger charge is 2.12. The van der Waals surface area contributed by atoms with Gasteiger partial charge in [-0.1, -0.05) is 5.16 Å². The van der Waals surface area contributed by atoms with Crippen molar-refractivity contribution in [2.24, 2.45) is 0 Å². The molecule has 0 aliphatic rings. The molecule has 0 spiro atoms. The molecule has 0 bridgehead atoms. The van der Waals surface area contributed by atoms with Gasteiger partial charge in [0.2, 0.25) is 0 Å². The van der Waals surface area contributed by atoms with Crippen molar-refractivity contribution in [1.82, 2.24) is 15.1 Å². The smallest absolute Gasteiger partial charge is 0.261 e. The second-order valence-electron chi connectivity index (χ2n) is 2.73. The van der Waals surface area contributed by atoms with Crippen molar-refractivity contribution in [2.75, 3.05) is 7.11 Å². The van der Waals surface area contributed by atoms with E-state index >= 15 is 0 Å². The van der Waals surface area contributed by atoms with E-state index < -0.39 is 0 Å². The van der Waals surface area contributed by atoms with Crippen molar-refractivity contribution < 1.29 is 9.26 Å². The van der Waals surface area contributed by atoms with Gasteiger partial charge in [0.15, 0.2) is 5.82 Å². The number of alkyl halides is 1. The fourth-order valence-corrected chi connectivity index (χ4v) is 1.25. The lowest BCUT2D eigenvalue weighted by Gasteiger charge is -2.01. The average molecular weight is 226 g/mol. The van der Waals surface area contributed by atoms with Crippen molar-refractivity contribution in [3.8, 4) is 17.2 Å². The zero-order valence-electron chi connectivity index (χ0n) is 7.98. The summed E-state index contributed by atoms with van der Waals surface area (Å²) >= 11 is 5.57. The van der Waals surface area contributed by atoms with Crippen LogP contribution in [0.25, 0.3) is 11.5 Å². The molecule has 6 heteroatoms. The summed E-state index contributed by atoms with van der Waals surface area (Å²) in [6.45, 7) is 0. The van der Waals surface area contributed by atoms with Gasteiger partial charge in [0, 0.05) is 6.20 Å². The maximum atomic E-state index is 5.57. The molecule has 0 radical (unpaired) electrons. The van der Waals surface area contributed by atoms with E-state index in [2.05, 4.69) is 15.1 Å². The second-order valence-corrected chi connectivity index (χ2v) is 2.99. The molecule has 2 rings (SSSR count). The first-order valence-corrected chi connectivity index (χ1v) is 4.75. The van der Waals surface area contributed by atoms with Crippen molar-refractivity contribution in [2.45, 2.75) is 5.88 Å². The number of methoxy groups -OCH3 is 1. The maximum absolute atomic E-state index is 5.57.